The first-order valence-corrected chi connectivity index (χ1v) is 20.5. The molecule has 0 unspecified atom stereocenters. The molecule has 11 rings (SSSR count). The molecule has 0 aliphatic rings. The fourth-order valence-electron chi connectivity index (χ4n) is 8.96. The van der Waals surface area contributed by atoms with Crippen LogP contribution in [0.2, 0.25) is 0 Å². The Morgan fingerprint density at radius 2 is 0.817 bits per heavy atom. The highest BCUT2D eigenvalue weighted by Crippen LogP contribution is 2.47. The van der Waals surface area contributed by atoms with E-state index in [2.05, 4.69) is 235 Å². The number of nitrogens with zero attached hydrogens (tertiary/aromatic N) is 1. The van der Waals surface area contributed by atoms with Crippen molar-refractivity contribution in [1.29, 1.82) is 0 Å². The van der Waals surface area contributed by atoms with E-state index in [0.29, 0.717) is 0 Å². The minimum atomic E-state index is 0.861. The molecule has 0 aliphatic carbocycles. The molecule has 0 fully saturated rings. The summed E-state index contributed by atoms with van der Waals surface area (Å²) in [6.45, 7) is 0. The highest BCUT2D eigenvalue weighted by Gasteiger charge is 2.22. The summed E-state index contributed by atoms with van der Waals surface area (Å²) in [7, 11) is 0. The molecule has 0 spiro atoms. The summed E-state index contributed by atoms with van der Waals surface area (Å²) >= 11 is 0. The van der Waals surface area contributed by atoms with Crippen LogP contribution in [-0.4, -0.2) is 0 Å². The highest BCUT2D eigenvalue weighted by molar-refractivity contribution is 6.13. The Balaban J connectivity index is 1.10. The average Bonchev–Trinajstić information content (AvgIpc) is 3.72. The summed E-state index contributed by atoms with van der Waals surface area (Å²) in [5.74, 6) is 0. The van der Waals surface area contributed by atoms with Crippen molar-refractivity contribution in [3.05, 3.63) is 237 Å². The third-order valence-corrected chi connectivity index (χ3v) is 11.7. The largest absolute Gasteiger partial charge is 0.456 e. The highest BCUT2D eigenvalue weighted by atomic mass is 16.3. The van der Waals surface area contributed by atoms with E-state index in [9.17, 15) is 0 Å². The first-order chi connectivity index (χ1) is 29.8. The van der Waals surface area contributed by atoms with Gasteiger partial charge in [-0.15, -0.1) is 0 Å². The van der Waals surface area contributed by atoms with Gasteiger partial charge in [-0.2, -0.15) is 0 Å². The van der Waals surface area contributed by atoms with Gasteiger partial charge < -0.3 is 9.32 Å². The molecule has 60 heavy (non-hydrogen) atoms. The Bertz CT molecular complexity index is 3300. The van der Waals surface area contributed by atoms with E-state index in [1.54, 1.807) is 0 Å². The second-order valence-corrected chi connectivity index (χ2v) is 15.2. The second-order valence-electron chi connectivity index (χ2n) is 15.2. The summed E-state index contributed by atoms with van der Waals surface area (Å²) in [4.78, 5) is 2.38. The van der Waals surface area contributed by atoms with Gasteiger partial charge in [-0.25, -0.2) is 0 Å². The quantitative estimate of drug-likeness (QED) is 0.153. The molecular weight excluding hydrogens is 727 g/mol. The van der Waals surface area contributed by atoms with Crippen LogP contribution in [0.3, 0.4) is 0 Å². The van der Waals surface area contributed by atoms with Crippen LogP contribution in [-0.2, 0) is 0 Å². The lowest BCUT2D eigenvalue weighted by molar-refractivity contribution is 0.669. The number of para-hydroxylation sites is 1. The van der Waals surface area contributed by atoms with E-state index in [-0.39, 0.29) is 0 Å². The van der Waals surface area contributed by atoms with Crippen LogP contribution < -0.4 is 4.90 Å². The first kappa shape index (κ1) is 35.2. The van der Waals surface area contributed by atoms with E-state index in [1.165, 1.54) is 55.3 Å². The van der Waals surface area contributed by atoms with E-state index in [0.717, 1.165) is 50.1 Å². The lowest BCUT2D eigenvalue weighted by Gasteiger charge is -2.27. The first-order valence-electron chi connectivity index (χ1n) is 20.5. The molecule has 11 aromatic rings. The minimum absolute atomic E-state index is 0.861. The van der Waals surface area contributed by atoms with Crippen LogP contribution in [0.25, 0.3) is 88.3 Å². The van der Waals surface area contributed by atoms with Crippen molar-refractivity contribution < 1.29 is 4.42 Å². The number of benzene rings is 10. The molecule has 10 aromatic carbocycles. The van der Waals surface area contributed by atoms with Crippen LogP contribution in [0.4, 0.5) is 17.1 Å². The molecule has 0 saturated heterocycles. The summed E-state index contributed by atoms with van der Waals surface area (Å²) in [5, 5.41) is 4.64. The van der Waals surface area contributed by atoms with Gasteiger partial charge >= 0.3 is 0 Å². The zero-order chi connectivity index (χ0) is 39.8. The molecule has 1 heterocycles. The summed E-state index contributed by atoms with van der Waals surface area (Å²) < 4.78 is 6.45. The smallest absolute Gasteiger partial charge is 0.137 e. The SMILES string of the molecule is c1ccc(-c2ccccc2-c2c(-c3ccccc3)cccc2-c2ccc(N(c3cccc(-c4cccc5ccccc45)c3)c3cccc4oc5ccccc5c34)cc2)cc1. The maximum absolute atomic E-state index is 6.45. The Labute approximate surface area is 349 Å². The van der Waals surface area contributed by atoms with E-state index >= 15 is 0 Å². The molecular formula is C58H39NO. The average molecular weight is 766 g/mol. The Morgan fingerprint density at radius 1 is 0.300 bits per heavy atom. The van der Waals surface area contributed by atoms with Crippen LogP contribution >= 0.6 is 0 Å². The predicted molar refractivity (Wildman–Crippen MR) is 253 cm³/mol. The summed E-state index contributed by atoms with van der Waals surface area (Å²) in [5.41, 5.74) is 16.8. The molecule has 0 saturated carbocycles. The van der Waals surface area contributed by atoms with Gasteiger partial charge in [0.15, 0.2) is 0 Å². The normalized spacial score (nSPS) is 11.3. The monoisotopic (exact) mass is 765 g/mol. The van der Waals surface area contributed by atoms with E-state index in [4.69, 9.17) is 4.42 Å². The number of hydrogen-bond acceptors (Lipinski definition) is 2. The van der Waals surface area contributed by atoms with Gasteiger partial charge in [0.1, 0.15) is 11.2 Å². The molecule has 282 valence electrons. The van der Waals surface area contributed by atoms with Crippen molar-refractivity contribution in [3.63, 3.8) is 0 Å². The van der Waals surface area contributed by atoms with Gasteiger partial charge in [0, 0.05) is 16.8 Å². The molecule has 0 amide bonds. The third-order valence-electron chi connectivity index (χ3n) is 11.7. The molecule has 0 atom stereocenters. The van der Waals surface area contributed by atoms with Gasteiger partial charge in [0.05, 0.1) is 11.1 Å². The van der Waals surface area contributed by atoms with Crippen molar-refractivity contribution in [1.82, 2.24) is 0 Å². The van der Waals surface area contributed by atoms with Crippen molar-refractivity contribution in [2.45, 2.75) is 0 Å². The number of fused-ring (bicyclic) bond motifs is 4. The molecule has 2 nitrogen and oxygen atoms in total. The fraction of sp³-hybridized carbons (Fsp3) is 0. The number of furan rings is 1. The van der Waals surface area contributed by atoms with Crippen molar-refractivity contribution in [2.75, 3.05) is 4.90 Å². The van der Waals surface area contributed by atoms with Crippen molar-refractivity contribution >= 4 is 49.8 Å². The van der Waals surface area contributed by atoms with Gasteiger partial charge in [0.25, 0.3) is 0 Å². The summed E-state index contributed by atoms with van der Waals surface area (Å²) in [6.07, 6.45) is 0. The Hall–Kier alpha value is -7.94. The van der Waals surface area contributed by atoms with Gasteiger partial charge in [-0.1, -0.05) is 194 Å². The van der Waals surface area contributed by atoms with Crippen LogP contribution in [0.1, 0.15) is 0 Å². The molecule has 0 radical (unpaired) electrons. The number of anilines is 3. The summed E-state index contributed by atoms with van der Waals surface area (Å²) in [6, 6.07) is 84.9. The maximum Gasteiger partial charge on any atom is 0.137 e. The predicted octanol–water partition coefficient (Wildman–Crippen LogP) is 16.5. The topological polar surface area (TPSA) is 16.4 Å². The van der Waals surface area contributed by atoms with Crippen molar-refractivity contribution in [2.24, 2.45) is 0 Å². The number of rotatable bonds is 8. The van der Waals surface area contributed by atoms with Crippen LogP contribution in [0.15, 0.2) is 241 Å². The zero-order valence-corrected chi connectivity index (χ0v) is 32.9. The van der Waals surface area contributed by atoms with Gasteiger partial charge in [-0.05, 0) is 109 Å². The van der Waals surface area contributed by atoms with Crippen LogP contribution in [0.5, 0.6) is 0 Å². The number of hydrogen-bond donors (Lipinski definition) is 0. The molecule has 2 heteroatoms. The zero-order valence-electron chi connectivity index (χ0n) is 32.9. The van der Waals surface area contributed by atoms with Gasteiger partial charge in [0.2, 0.25) is 0 Å². The fourth-order valence-corrected chi connectivity index (χ4v) is 8.96. The molecule has 0 N–H and O–H groups in total. The third kappa shape index (κ3) is 6.23. The Morgan fingerprint density at radius 3 is 1.60 bits per heavy atom. The second kappa shape index (κ2) is 15.1. The minimum Gasteiger partial charge on any atom is -0.456 e. The van der Waals surface area contributed by atoms with E-state index < -0.39 is 0 Å². The standard InChI is InChI=1S/C58H39NO/c1-3-17-40(18-4-1)48-26-9-10-27-52(48)57-50(42-19-5-2-6-20-42)30-15-31-51(57)43-35-37-45(38-36-43)59(54-32-16-34-56-58(54)53-28-11-12-33-55(53)60-56)46-24-13-23-44(39-46)49-29-14-22-41-21-7-8-25-47(41)49/h1-39H. The molecule has 0 aliphatic heterocycles. The molecule has 0 bridgehead atoms. The van der Waals surface area contributed by atoms with Gasteiger partial charge in [-0.3, -0.25) is 0 Å². The molecule has 1 aromatic heterocycles. The van der Waals surface area contributed by atoms with Crippen LogP contribution in [0, 0.1) is 0 Å². The Kier molecular flexibility index (Phi) is 8.87. The maximum atomic E-state index is 6.45. The lowest BCUT2D eigenvalue weighted by Crippen LogP contribution is -2.10. The van der Waals surface area contributed by atoms with Crippen molar-refractivity contribution in [3.8, 4) is 55.6 Å². The lowest BCUT2D eigenvalue weighted by atomic mass is 9.84. The van der Waals surface area contributed by atoms with E-state index in [1.807, 2.05) is 6.07 Å².